The summed E-state index contributed by atoms with van der Waals surface area (Å²) in [6.07, 6.45) is 0.870. The molecule has 2 aromatic rings. The van der Waals surface area contributed by atoms with E-state index in [1.54, 1.807) is 23.5 Å². The van der Waals surface area contributed by atoms with Gasteiger partial charge < -0.3 is 20.4 Å². The average Bonchev–Trinajstić information content (AvgIpc) is 3.64. The number of hydrogen-bond acceptors (Lipinski definition) is 6. The highest BCUT2D eigenvalue weighted by atomic mass is 32.1. The summed E-state index contributed by atoms with van der Waals surface area (Å²) in [4.78, 5) is 69.9. The second-order valence-electron chi connectivity index (χ2n) is 12.5. The van der Waals surface area contributed by atoms with Gasteiger partial charge in [-0.1, -0.05) is 52.8 Å². The van der Waals surface area contributed by atoms with E-state index in [4.69, 9.17) is 0 Å². The normalized spacial score (nSPS) is 20.1. The van der Waals surface area contributed by atoms with E-state index >= 15 is 0 Å². The van der Waals surface area contributed by atoms with Crippen LogP contribution in [0.4, 0.5) is 0 Å². The molecule has 220 valence electrons. The monoisotopic (exact) mass is 580 g/mol. The fourth-order valence-electron chi connectivity index (χ4n) is 5.74. The van der Waals surface area contributed by atoms with Crippen LogP contribution in [0.2, 0.25) is 0 Å². The number of benzene rings is 1. The number of rotatable bonds is 8. The number of carbonyl (C=O) groups is 5. The molecule has 0 aliphatic carbocycles. The minimum Gasteiger partial charge on any atom is -0.344 e. The second kappa shape index (κ2) is 12.1. The molecule has 0 bridgehead atoms. The topological polar surface area (TPSA) is 116 Å². The third-order valence-electron chi connectivity index (χ3n) is 7.71. The summed E-state index contributed by atoms with van der Waals surface area (Å²) in [7, 11) is 0. The summed E-state index contributed by atoms with van der Waals surface area (Å²) in [5.74, 6) is -1.39. The van der Waals surface area contributed by atoms with Crippen LogP contribution in [0, 0.1) is 11.3 Å². The molecule has 2 N–H and O–H groups in total. The molecule has 41 heavy (non-hydrogen) atoms. The molecule has 3 heterocycles. The molecule has 2 saturated heterocycles. The van der Waals surface area contributed by atoms with Gasteiger partial charge in [-0.05, 0) is 53.3 Å². The molecule has 2 fully saturated rings. The lowest BCUT2D eigenvalue weighted by molar-refractivity contribution is -0.140. The van der Waals surface area contributed by atoms with Crippen LogP contribution in [0.1, 0.15) is 64.7 Å². The molecule has 4 rings (SSSR count). The van der Waals surface area contributed by atoms with Crippen molar-refractivity contribution in [2.24, 2.45) is 11.3 Å². The first-order valence-electron chi connectivity index (χ1n) is 14.1. The number of nitrogens with zero attached hydrogens (tertiary/aromatic N) is 2. The van der Waals surface area contributed by atoms with E-state index in [2.05, 4.69) is 10.6 Å². The number of Topliss-reactive ketones (excluding diaryl/α,β-unsaturated/α-hetero) is 1. The van der Waals surface area contributed by atoms with E-state index < -0.39 is 29.6 Å². The molecule has 4 atom stereocenters. The largest absolute Gasteiger partial charge is 0.344 e. The number of nitrogens with one attached hydrogen (secondary N) is 2. The molecule has 1 aromatic carbocycles. The van der Waals surface area contributed by atoms with Gasteiger partial charge in [-0.25, -0.2) is 0 Å². The van der Waals surface area contributed by atoms with Gasteiger partial charge >= 0.3 is 0 Å². The zero-order valence-electron chi connectivity index (χ0n) is 24.6. The molecule has 9 nitrogen and oxygen atoms in total. The fourth-order valence-corrected chi connectivity index (χ4v) is 6.47. The van der Waals surface area contributed by atoms with Crippen molar-refractivity contribution < 1.29 is 24.0 Å². The molecular weight excluding hydrogens is 540 g/mol. The number of carbonyl (C=O) groups excluding carboxylic acids is 5. The lowest BCUT2D eigenvalue weighted by atomic mass is 9.85. The summed E-state index contributed by atoms with van der Waals surface area (Å²) in [6.45, 7) is 11.1. The quantitative estimate of drug-likeness (QED) is 0.496. The van der Waals surface area contributed by atoms with Crippen LogP contribution in [-0.4, -0.2) is 76.5 Å². The van der Waals surface area contributed by atoms with Crippen LogP contribution in [-0.2, 0) is 19.2 Å². The first-order valence-corrected chi connectivity index (χ1v) is 15.0. The summed E-state index contributed by atoms with van der Waals surface area (Å²) >= 11 is 1.62. The van der Waals surface area contributed by atoms with Crippen molar-refractivity contribution in [3.63, 3.8) is 0 Å². The maximum atomic E-state index is 13.9. The Balaban J connectivity index is 1.49. The van der Waals surface area contributed by atoms with Crippen LogP contribution in [0.5, 0.6) is 0 Å². The molecule has 1 aromatic heterocycles. The molecule has 10 heteroatoms. The standard InChI is InChI=1S/C31H40N4O5S/c1-18(2)16-22(33-28(38)21-11-9-20(10-12-21)25-8-7-15-41-25)29(39)34-14-13-23-26(34)24(37)17-35(23)30(40)27(31(4,5)6)32-19(3)36/h7-12,15,18,22-23,26-27H,13-14,16-17H2,1-6H3,(H,32,36)(H,33,38). The minimum absolute atomic E-state index is 0.109. The first kappa shape index (κ1) is 30.4. The van der Waals surface area contributed by atoms with Crippen molar-refractivity contribution in [3.05, 3.63) is 47.3 Å². The van der Waals surface area contributed by atoms with E-state index in [9.17, 15) is 24.0 Å². The van der Waals surface area contributed by atoms with Gasteiger partial charge in [-0.15, -0.1) is 11.3 Å². The maximum absolute atomic E-state index is 13.9. The number of thiophene rings is 1. The summed E-state index contributed by atoms with van der Waals surface area (Å²) in [5, 5.41) is 7.66. The molecule has 0 spiro atoms. The van der Waals surface area contributed by atoms with Crippen LogP contribution in [0.25, 0.3) is 10.4 Å². The van der Waals surface area contributed by atoms with E-state index in [0.29, 0.717) is 24.9 Å². The molecule has 4 amide bonds. The molecular formula is C31H40N4O5S. The molecule has 2 aliphatic rings. The van der Waals surface area contributed by atoms with Gasteiger partial charge in [0.25, 0.3) is 5.91 Å². The van der Waals surface area contributed by atoms with Gasteiger partial charge in [-0.2, -0.15) is 0 Å². The number of likely N-dealkylation sites (tertiary alicyclic amines) is 2. The number of ketones is 1. The molecule has 0 radical (unpaired) electrons. The van der Waals surface area contributed by atoms with Crippen molar-refractivity contribution in [1.82, 2.24) is 20.4 Å². The highest BCUT2D eigenvalue weighted by molar-refractivity contribution is 7.13. The average molecular weight is 581 g/mol. The van der Waals surface area contributed by atoms with Gasteiger partial charge in [0.1, 0.15) is 18.1 Å². The Labute approximate surface area is 245 Å². The third-order valence-corrected chi connectivity index (χ3v) is 8.63. The van der Waals surface area contributed by atoms with E-state index in [-0.39, 0.29) is 41.9 Å². The Morgan fingerprint density at radius 3 is 2.24 bits per heavy atom. The van der Waals surface area contributed by atoms with Crippen LogP contribution < -0.4 is 10.6 Å². The Hall–Kier alpha value is -3.53. The maximum Gasteiger partial charge on any atom is 0.251 e. The Kier molecular flexibility index (Phi) is 9.01. The van der Waals surface area contributed by atoms with Crippen LogP contribution in [0.3, 0.4) is 0 Å². The molecule has 0 saturated carbocycles. The summed E-state index contributed by atoms with van der Waals surface area (Å²) in [5.41, 5.74) is 0.902. The van der Waals surface area contributed by atoms with Gasteiger partial charge in [-0.3, -0.25) is 24.0 Å². The zero-order chi connectivity index (χ0) is 30.1. The molecule has 2 aliphatic heterocycles. The van der Waals surface area contributed by atoms with E-state index in [1.807, 2.05) is 64.3 Å². The summed E-state index contributed by atoms with van der Waals surface area (Å²) in [6, 6.07) is 8.44. The number of fused-ring (bicyclic) bond motifs is 1. The SMILES string of the molecule is CC(=O)NC(C(=O)N1CC(=O)C2C1CCN2C(=O)C(CC(C)C)NC(=O)c1ccc(-c2cccs2)cc1)C(C)(C)C. The number of hydrogen-bond donors (Lipinski definition) is 2. The zero-order valence-corrected chi connectivity index (χ0v) is 25.4. The Morgan fingerprint density at radius 1 is 1.00 bits per heavy atom. The predicted molar refractivity (Wildman–Crippen MR) is 158 cm³/mol. The van der Waals surface area contributed by atoms with Gasteiger partial charge in [0, 0.05) is 23.9 Å². The van der Waals surface area contributed by atoms with Crippen molar-refractivity contribution >= 4 is 40.7 Å². The number of amides is 4. The van der Waals surface area contributed by atoms with Gasteiger partial charge in [0.2, 0.25) is 17.7 Å². The lowest BCUT2D eigenvalue weighted by Crippen LogP contribution is -2.56. The lowest BCUT2D eigenvalue weighted by Gasteiger charge is -2.35. The van der Waals surface area contributed by atoms with Gasteiger partial charge in [0.05, 0.1) is 12.6 Å². The minimum atomic E-state index is -0.808. The summed E-state index contributed by atoms with van der Waals surface area (Å²) < 4.78 is 0. The van der Waals surface area contributed by atoms with E-state index in [1.165, 1.54) is 16.7 Å². The second-order valence-corrected chi connectivity index (χ2v) is 13.4. The van der Waals surface area contributed by atoms with Crippen molar-refractivity contribution in [2.45, 2.75) is 78.6 Å². The Bertz CT molecular complexity index is 1300. The van der Waals surface area contributed by atoms with E-state index in [0.717, 1.165) is 10.4 Å². The van der Waals surface area contributed by atoms with Crippen LogP contribution in [0.15, 0.2) is 41.8 Å². The fraction of sp³-hybridized carbons (Fsp3) is 0.516. The van der Waals surface area contributed by atoms with Gasteiger partial charge in [0.15, 0.2) is 5.78 Å². The smallest absolute Gasteiger partial charge is 0.251 e. The predicted octanol–water partition coefficient (Wildman–Crippen LogP) is 3.49. The van der Waals surface area contributed by atoms with Crippen molar-refractivity contribution in [3.8, 4) is 10.4 Å². The van der Waals surface area contributed by atoms with Crippen LogP contribution >= 0.6 is 11.3 Å². The highest BCUT2D eigenvalue weighted by Crippen LogP contribution is 2.33. The van der Waals surface area contributed by atoms with Crippen molar-refractivity contribution in [1.29, 1.82) is 0 Å². The highest BCUT2D eigenvalue weighted by Gasteiger charge is 2.53. The third kappa shape index (κ3) is 6.69. The Morgan fingerprint density at radius 2 is 1.68 bits per heavy atom. The first-order chi connectivity index (χ1) is 19.3. The molecule has 4 unspecified atom stereocenters. The van der Waals surface area contributed by atoms with Crippen molar-refractivity contribution in [2.75, 3.05) is 13.1 Å².